The van der Waals surface area contributed by atoms with Crippen LogP contribution in [0, 0.1) is 0 Å². The lowest BCUT2D eigenvalue weighted by atomic mass is 9.92. The lowest BCUT2D eigenvalue weighted by Gasteiger charge is -2.12. The summed E-state index contributed by atoms with van der Waals surface area (Å²) in [6, 6.07) is 61.4. The number of nitrogens with two attached hydrogens (primary N) is 1. The maximum absolute atomic E-state index is 6.77. The molecule has 0 aliphatic heterocycles. The second-order valence-electron chi connectivity index (χ2n) is 12.0. The molecule has 48 heavy (non-hydrogen) atoms. The number of fused-ring (bicyclic) bond motifs is 6. The van der Waals surface area contributed by atoms with Crippen LogP contribution >= 0.6 is 0 Å². The molecular weight excluding hydrogens is 583 g/mol. The summed E-state index contributed by atoms with van der Waals surface area (Å²) in [6.07, 6.45) is 0. The molecule has 0 saturated heterocycles. The summed E-state index contributed by atoms with van der Waals surface area (Å²) < 4.78 is 0. The van der Waals surface area contributed by atoms with Gasteiger partial charge >= 0.3 is 0 Å². The van der Waals surface area contributed by atoms with Crippen molar-refractivity contribution in [3.63, 3.8) is 0 Å². The van der Waals surface area contributed by atoms with Gasteiger partial charge in [-0.1, -0.05) is 164 Å². The average Bonchev–Trinajstić information content (AvgIpc) is 3.17. The number of hydrogen-bond donors (Lipinski definition) is 1. The first-order valence-electron chi connectivity index (χ1n) is 16.2. The SMILES string of the molecule is NC(=NC(=NCc1ccccc1)c1ccc(-c2ccccc2)cc1)c1cccc(-c2ccc3c4ccccc4c4ccccc4c3c2)c1. The molecule has 0 unspecified atom stereocenters. The third-order valence-electron chi connectivity index (χ3n) is 8.97. The summed E-state index contributed by atoms with van der Waals surface area (Å²) in [7, 11) is 0. The van der Waals surface area contributed by atoms with Gasteiger partial charge < -0.3 is 5.73 Å². The molecule has 0 amide bonds. The van der Waals surface area contributed by atoms with Crippen LogP contribution in [0.2, 0.25) is 0 Å². The Hall–Kier alpha value is -6.32. The van der Waals surface area contributed by atoms with Crippen LogP contribution in [0.3, 0.4) is 0 Å². The Bertz CT molecular complexity index is 2430. The van der Waals surface area contributed by atoms with Crippen LogP contribution in [0.1, 0.15) is 16.7 Å². The van der Waals surface area contributed by atoms with Gasteiger partial charge in [0.25, 0.3) is 0 Å². The van der Waals surface area contributed by atoms with E-state index < -0.39 is 0 Å². The Morgan fingerprint density at radius 1 is 0.396 bits per heavy atom. The summed E-state index contributed by atoms with van der Waals surface area (Å²) in [5.41, 5.74) is 14.2. The molecule has 0 atom stereocenters. The highest BCUT2D eigenvalue weighted by atomic mass is 15.0. The van der Waals surface area contributed by atoms with Gasteiger partial charge in [-0.3, -0.25) is 4.99 Å². The van der Waals surface area contributed by atoms with Gasteiger partial charge in [0, 0.05) is 11.1 Å². The van der Waals surface area contributed by atoms with Gasteiger partial charge in [0.05, 0.1) is 6.54 Å². The van der Waals surface area contributed by atoms with Gasteiger partial charge in [-0.25, -0.2) is 4.99 Å². The molecule has 228 valence electrons. The largest absolute Gasteiger partial charge is 0.383 e. The van der Waals surface area contributed by atoms with Crippen molar-refractivity contribution in [2.24, 2.45) is 15.7 Å². The number of hydrogen-bond acceptors (Lipinski definition) is 1. The van der Waals surface area contributed by atoms with Crippen molar-refractivity contribution in [1.29, 1.82) is 0 Å². The lowest BCUT2D eigenvalue weighted by molar-refractivity contribution is 1.06. The minimum absolute atomic E-state index is 0.424. The first-order chi connectivity index (χ1) is 23.7. The highest BCUT2D eigenvalue weighted by Gasteiger charge is 2.11. The van der Waals surface area contributed by atoms with Gasteiger partial charge in [-0.2, -0.15) is 0 Å². The van der Waals surface area contributed by atoms with E-state index in [1.54, 1.807) is 0 Å². The Kier molecular flexibility index (Phi) is 7.77. The van der Waals surface area contributed by atoms with Crippen molar-refractivity contribution in [1.82, 2.24) is 0 Å². The van der Waals surface area contributed by atoms with E-state index in [1.165, 1.54) is 37.9 Å². The summed E-state index contributed by atoms with van der Waals surface area (Å²) in [5.74, 6) is 1.03. The van der Waals surface area contributed by atoms with Crippen LogP contribution in [-0.4, -0.2) is 11.7 Å². The highest BCUT2D eigenvalue weighted by Crippen LogP contribution is 2.37. The smallest absolute Gasteiger partial charge is 0.157 e. The quantitative estimate of drug-likeness (QED) is 0.113. The maximum Gasteiger partial charge on any atom is 0.157 e. The molecule has 0 fully saturated rings. The molecule has 3 heteroatoms. The van der Waals surface area contributed by atoms with Crippen LogP contribution in [0.25, 0.3) is 54.6 Å². The van der Waals surface area contributed by atoms with Gasteiger partial charge in [0.1, 0.15) is 5.84 Å². The second-order valence-corrected chi connectivity index (χ2v) is 12.0. The average molecular weight is 616 g/mol. The van der Waals surface area contributed by atoms with E-state index >= 15 is 0 Å². The van der Waals surface area contributed by atoms with Gasteiger partial charge in [0.15, 0.2) is 5.84 Å². The highest BCUT2D eigenvalue weighted by molar-refractivity contribution is 6.25. The fourth-order valence-electron chi connectivity index (χ4n) is 6.51. The van der Waals surface area contributed by atoms with Crippen LogP contribution < -0.4 is 5.73 Å². The van der Waals surface area contributed by atoms with Crippen LogP contribution in [0.5, 0.6) is 0 Å². The monoisotopic (exact) mass is 615 g/mol. The number of amidine groups is 2. The molecule has 0 spiro atoms. The van der Waals surface area contributed by atoms with Crippen LogP contribution in [0.15, 0.2) is 186 Å². The standard InChI is InChI=1S/C45H33N3/c46-44(48-45(47-30-31-12-3-1-4-13-31)34-24-22-33(23-25-34)32-14-5-2-6-15-32)37-17-11-16-35(28-37)36-26-27-42-40-20-8-7-18-38(40)39-19-9-10-21-41(39)43(42)29-36/h1-29H,30H2,(H2,46,47,48). The van der Waals surface area contributed by atoms with E-state index in [1.807, 2.05) is 36.4 Å². The second kappa shape index (κ2) is 12.8. The van der Waals surface area contributed by atoms with Crippen molar-refractivity contribution in [3.8, 4) is 22.3 Å². The fraction of sp³-hybridized carbons (Fsp3) is 0.0222. The molecule has 0 saturated carbocycles. The summed E-state index contributed by atoms with van der Waals surface area (Å²) in [5, 5.41) is 7.55. The Morgan fingerprint density at radius 2 is 0.896 bits per heavy atom. The van der Waals surface area contributed by atoms with E-state index in [0.29, 0.717) is 18.2 Å². The van der Waals surface area contributed by atoms with Gasteiger partial charge in [0.2, 0.25) is 0 Å². The molecule has 3 nitrogen and oxygen atoms in total. The summed E-state index contributed by atoms with van der Waals surface area (Å²) in [4.78, 5) is 9.89. The molecule has 0 bridgehead atoms. The third kappa shape index (κ3) is 5.74. The Morgan fingerprint density at radius 3 is 1.56 bits per heavy atom. The zero-order valence-corrected chi connectivity index (χ0v) is 26.4. The van der Waals surface area contributed by atoms with Crippen molar-refractivity contribution in [3.05, 3.63) is 193 Å². The predicted octanol–water partition coefficient (Wildman–Crippen LogP) is 10.8. The first kappa shape index (κ1) is 29.1. The van der Waals surface area contributed by atoms with Crippen molar-refractivity contribution in [2.75, 3.05) is 0 Å². The Balaban J connectivity index is 1.17. The molecule has 0 radical (unpaired) electrons. The van der Waals surface area contributed by atoms with E-state index in [0.717, 1.165) is 33.4 Å². The number of rotatable bonds is 6. The molecule has 0 aliphatic rings. The Labute approximate surface area is 280 Å². The lowest BCUT2D eigenvalue weighted by Crippen LogP contribution is -2.16. The maximum atomic E-state index is 6.77. The molecule has 2 N–H and O–H groups in total. The normalized spacial score (nSPS) is 12.2. The molecule has 8 rings (SSSR count). The fourth-order valence-corrected chi connectivity index (χ4v) is 6.51. The van der Waals surface area contributed by atoms with E-state index in [9.17, 15) is 0 Å². The topological polar surface area (TPSA) is 50.7 Å². The van der Waals surface area contributed by atoms with Gasteiger partial charge in [-0.05, 0) is 72.3 Å². The zero-order valence-electron chi connectivity index (χ0n) is 26.4. The predicted molar refractivity (Wildman–Crippen MR) is 204 cm³/mol. The zero-order chi connectivity index (χ0) is 32.3. The first-order valence-corrected chi connectivity index (χ1v) is 16.2. The molecular formula is C45H33N3. The minimum atomic E-state index is 0.424. The van der Waals surface area contributed by atoms with Gasteiger partial charge in [-0.15, -0.1) is 0 Å². The molecule has 8 aromatic carbocycles. The van der Waals surface area contributed by atoms with Crippen LogP contribution in [0.4, 0.5) is 0 Å². The van der Waals surface area contributed by atoms with Crippen molar-refractivity contribution in [2.45, 2.75) is 6.54 Å². The third-order valence-corrected chi connectivity index (χ3v) is 8.97. The minimum Gasteiger partial charge on any atom is -0.383 e. The molecule has 0 heterocycles. The van der Waals surface area contributed by atoms with Crippen molar-refractivity contribution < 1.29 is 0 Å². The summed E-state index contributed by atoms with van der Waals surface area (Å²) in [6.45, 7) is 0.507. The number of nitrogens with zero attached hydrogens (tertiary/aromatic N) is 2. The van der Waals surface area contributed by atoms with Crippen LogP contribution in [-0.2, 0) is 6.54 Å². The van der Waals surface area contributed by atoms with Crippen molar-refractivity contribution >= 4 is 44.0 Å². The van der Waals surface area contributed by atoms with E-state index in [-0.39, 0.29) is 0 Å². The molecule has 8 aromatic rings. The number of benzene rings is 8. The number of aliphatic imine (C=N–C) groups is 2. The summed E-state index contributed by atoms with van der Waals surface area (Å²) >= 11 is 0. The molecule has 0 aromatic heterocycles. The van der Waals surface area contributed by atoms with E-state index in [4.69, 9.17) is 15.7 Å². The molecule has 0 aliphatic carbocycles. The van der Waals surface area contributed by atoms with E-state index in [2.05, 4.69) is 140 Å².